The van der Waals surface area contributed by atoms with Crippen LogP contribution in [0.15, 0.2) is 36.5 Å². The van der Waals surface area contributed by atoms with E-state index < -0.39 is 0 Å². The van der Waals surface area contributed by atoms with Crippen LogP contribution in [-0.2, 0) is 13.2 Å². The second kappa shape index (κ2) is 6.46. The van der Waals surface area contributed by atoms with Crippen molar-refractivity contribution in [2.75, 3.05) is 0 Å². The highest BCUT2D eigenvalue weighted by molar-refractivity contribution is 6.31. The lowest BCUT2D eigenvalue weighted by Gasteiger charge is -2.08. The first kappa shape index (κ1) is 14.4. The third-order valence-electron chi connectivity index (χ3n) is 3.57. The van der Waals surface area contributed by atoms with Crippen LogP contribution in [0.4, 0.5) is 0 Å². The van der Waals surface area contributed by atoms with E-state index in [2.05, 4.69) is 16.4 Å². The van der Waals surface area contributed by atoms with Gasteiger partial charge in [-0.25, -0.2) is 0 Å². The van der Waals surface area contributed by atoms with Crippen molar-refractivity contribution >= 4 is 11.6 Å². The standard InChI is InChI=1S/C17H19ClN2O/c1-12-8-16(6-7-17(12)18)21-11-15-3-2-13(10-20-15)9-19-14-4-5-14/h2-3,6-8,10,14,19H,4-5,9,11H2,1H3. The molecule has 1 aliphatic carbocycles. The normalized spacial score (nSPS) is 14.2. The summed E-state index contributed by atoms with van der Waals surface area (Å²) < 4.78 is 5.74. The Balaban J connectivity index is 1.53. The Morgan fingerprint density at radius 2 is 2.14 bits per heavy atom. The van der Waals surface area contributed by atoms with E-state index in [1.54, 1.807) is 0 Å². The maximum atomic E-state index is 6.00. The number of benzene rings is 1. The van der Waals surface area contributed by atoms with Crippen LogP contribution in [0.5, 0.6) is 5.75 Å². The number of nitrogens with zero attached hydrogens (tertiary/aromatic N) is 1. The molecule has 0 radical (unpaired) electrons. The summed E-state index contributed by atoms with van der Waals surface area (Å²) in [7, 11) is 0. The van der Waals surface area contributed by atoms with Gasteiger partial charge in [0.15, 0.2) is 0 Å². The molecular weight excluding hydrogens is 284 g/mol. The topological polar surface area (TPSA) is 34.1 Å². The maximum absolute atomic E-state index is 6.00. The van der Waals surface area contributed by atoms with Crippen LogP contribution < -0.4 is 10.1 Å². The van der Waals surface area contributed by atoms with E-state index in [1.807, 2.05) is 37.4 Å². The monoisotopic (exact) mass is 302 g/mol. The zero-order valence-corrected chi connectivity index (χ0v) is 12.9. The summed E-state index contributed by atoms with van der Waals surface area (Å²) >= 11 is 6.00. The van der Waals surface area contributed by atoms with Gasteiger partial charge in [0.2, 0.25) is 0 Å². The van der Waals surface area contributed by atoms with Crippen molar-refractivity contribution in [1.29, 1.82) is 0 Å². The third kappa shape index (κ3) is 4.19. The van der Waals surface area contributed by atoms with Gasteiger partial charge in [0, 0.05) is 23.8 Å². The molecule has 21 heavy (non-hydrogen) atoms. The molecule has 1 N–H and O–H groups in total. The molecule has 0 saturated heterocycles. The number of pyridine rings is 1. The fourth-order valence-corrected chi connectivity index (χ4v) is 2.18. The van der Waals surface area contributed by atoms with Gasteiger partial charge in [0.1, 0.15) is 12.4 Å². The zero-order valence-electron chi connectivity index (χ0n) is 12.1. The van der Waals surface area contributed by atoms with E-state index >= 15 is 0 Å². The number of hydrogen-bond donors (Lipinski definition) is 1. The summed E-state index contributed by atoms with van der Waals surface area (Å²) in [5.41, 5.74) is 3.16. The largest absolute Gasteiger partial charge is 0.487 e. The summed E-state index contributed by atoms with van der Waals surface area (Å²) in [6.07, 6.45) is 4.53. The molecule has 3 rings (SSSR count). The van der Waals surface area contributed by atoms with E-state index in [0.717, 1.165) is 34.6 Å². The second-order valence-corrected chi connectivity index (χ2v) is 5.92. The minimum absolute atomic E-state index is 0.470. The number of halogens is 1. The molecular formula is C17H19ClN2O. The average molecular weight is 303 g/mol. The summed E-state index contributed by atoms with van der Waals surface area (Å²) in [5.74, 6) is 0.818. The minimum atomic E-state index is 0.470. The van der Waals surface area contributed by atoms with Crippen LogP contribution >= 0.6 is 11.6 Å². The molecule has 110 valence electrons. The Labute approximate surface area is 130 Å². The summed E-state index contributed by atoms with van der Waals surface area (Å²) in [6, 6.07) is 10.5. The van der Waals surface area contributed by atoms with Gasteiger partial charge in [-0.1, -0.05) is 17.7 Å². The van der Waals surface area contributed by atoms with Crippen molar-refractivity contribution in [3.63, 3.8) is 0 Å². The van der Waals surface area contributed by atoms with Crippen LogP contribution in [0.1, 0.15) is 29.7 Å². The third-order valence-corrected chi connectivity index (χ3v) is 4.00. The molecule has 1 fully saturated rings. The summed E-state index contributed by atoms with van der Waals surface area (Å²) in [5, 5.41) is 4.24. The second-order valence-electron chi connectivity index (χ2n) is 5.51. The lowest BCUT2D eigenvalue weighted by Crippen LogP contribution is -2.15. The number of ether oxygens (including phenoxy) is 1. The molecule has 1 aromatic carbocycles. The van der Waals surface area contributed by atoms with E-state index in [4.69, 9.17) is 16.3 Å². The Morgan fingerprint density at radius 3 is 2.81 bits per heavy atom. The molecule has 0 spiro atoms. The molecule has 4 heteroatoms. The van der Waals surface area contributed by atoms with Crippen molar-refractivity contribution in [3.05, 3.63) is 58.4 Å². The predicted molar refractivity (Wildman–Crippen MR) is 84.6 cm³/mol. The molecule has 1 aromatic heterocycles. The maximum Gasteiger partial charge on any atom is 0.130 e. The van der Waals surface area contributed by atoms with Gasteiger partial charge in [-0.3, -0.25) is 4.98 Å². The Morgan fingerprint density at radius 1 is 1.29 bits per heavy atom. The SMILES string of the molecule is Cc1cc(OCc2ccc(CNC3CC3)cn2)ccc1Cl. The first-order valence-corrected chi connectivity index (χ1v) is 7.64. The highest BCUT2D eigenvalue weighted by atomic mass is 35.5. The Hall–Kier alpha value is -1.58. The van der Waals surface area contributed by atoms with Crippen LogP contribution in [0.2, 0.25) is 5.02 Å². The zero-order chi connectivity index (χ0) is 14.7. The number of hydrogen-bond acceptors (Lipinski definition) is 3. The van der Waals surface area contributed by atoms with Crippen molar-refractivity contribution in [2.45, 2.75) is 39.0 Å². The van der Waals surface area contributed by atoms with Gasteiger partial charge in [0.25, 0.3) is 0 Å². The van der Waals surface area contributed by atoms with Gasteiger partial charge in [-0.15, -0.1) is 0 Å². The highest BCUT2D eigenvalue weighted by Gasteiger charge is 2.19. The van der Waals surface area contributed by atoms with Gasteiger partial charge < -0.3 is 10.1 Å². The fourth-order valence-electron chi connectivity index (χ4n) is 2.06. The number of nitrogens with one attached hydrogen (secondary N) is 1. The molecule has 0 bridgehead atoms. The number of rotatable bonds is 6. The smallest absolute Gasteiger partial charge is 0.130 e. The Kier molecular flexibility index (Phi) is 4.42. The molecule has 1 aliphatic rings. The first-order chi connectivity index (χ1) is 10.2. The van der Waals surface area contributed by atoms with Crippen LogP contribution in [0.3, 0.4) is 0 Å². The molecule has 2 aromatic rings. The van der Waals surface area contributed by atoms with E-state index in [1.165, 1.54) is 18.4 Å². The summed E-state index contributed by atoms with van der Waals surface area (Å²) in [4.78, 5) is 4.44. The minimum Gasteiger partial charge on any atom is -0.487 e. The molecule has 0 amide bonds. The fraction of sp³-hybridized carbons (Fsp3) is 0.353. The molecule has 1 heterocycles. The van der Waals surface area contributed by atoms with Gasteiger partial charge in [-0.2, -0.15) is 0 Å². The lowest BCUT2D eigenvalue weighted by molar-refractivity contribution is 0.301. The van der Waals surface area contributed by atoms with Crippen molar-refractivity contribution in [1.82, 2.24) is 10.3 Å². The van der Waals surface area contributed by atoms with E-state index in [0.29, 0.717) is 6.61 Å². The van der Waals surface area contributed by atoms with Crippen LogP contribution in [0, 0.1) is 6.92 Å². The quantitative estimate of drug-likeness (QED) is 0.879. The van der Waals surface area contributed by atoms with Crippen molar-refractivity contribution in [3.8, 4) is 5.75 Å². The van der Waals surface area contributed by atoms with Crippen LogP contribution in [-0.4, -0.2) is 11.0 Å². The number of aryl methyl sites for hydroxylation is 1. The molecule has 0 atom stereocenters. The average Bonchev–Trinajstić information content (AvgIpc) is 3.32. The molecule has 3 nitrogen and oxygen atoms in total. The highest BCUT2D eigenvalue weighted by Crippen LogP contribution is 2.22. The van der Waals surface area contributed by atoms with E-state index in [9.17, 15) is 0 Å². The molecule has 1 saturated carbocycles. The summed E-state index contributed by atoms with van der Waals surface area (Å²) in [6.45, 7) is 3.34. The van der Waals surface area contributed by atoms with Crippen molar-refractivity contribution < 1.29 is 4.74 Å². The van der Waals surface area contributed by atoms with Gasteiger partial charge >= 0.3 is 0 Å². The van der Waals surface area contributed by atoms with Gasteiger partial charge in [-0.05, 0) is 55.2 Å². The van der Waals surface area contributed by atoms with Gasteiger partial charge in [0.05, 0.1) is 5.69 Å². The van der Waals surface area contributed by atoms with Crippen LogP contribution in [0.25, 0.3) is 0 Å². The predicted octanol–water partition coefficient (Wildman–Crippen LogP) is 3.87. The van der Waals surface area contributed by atoms with Crippen molar-refractivity contribution in [2.24, 2.45) is 0 Å². The Bertz CT molecular complexity index is 609. The molecule has 0 aliphatic heterocycles. The lowest BCUT2D eigenvalue weighted by atomic mass is 10.2. The molecule has 0 unspecified atom stereocenters. The number of aromatic nitrogens is 1. The first-order valence-electron chi connectivity index (χ1n) is 7.27. The van der Waals surface area contributed by atoms with E-state index in [-0.39, 0.29) is 0 Å².